The summed E-state index contributed by atoms with van der Waals surface area (Å²) in [6, 6.07) is 12.8. The number of Topliss-reactive ketones (excluding diaryl/α,β-unsaturated/α-hetero) is 4. The van der Waals surface area contributed by atoms with Gasteiger partial charge in [-0.05, 0) is 71.8 Å². The molecule has 0 radical (unpaired) electrons. The number of ketones is 4. The minimum atomic E-state index is -1.07. The second kappa shape index (κ2) is 13.7. The minimum Gasteiger partial charge on any atom is -0.504 e. The Kier molecular flexibility index (Phi) is 9.80. The highest BCUT2D eigenvalue weighted by molar-refractivity contribution is 6.52. The van der Waals surface area contributed by atoms with E-state index in [9.17, 15) is 29.4 Å². The van der Waals surface area contributed by atoms with Crippen LogP contribution in [-0.4, -0.2) is 76.0 Å². The molecule has 46 heavy (non-hydrogen) atoms. The molecule has 4 aromatic rings. The van der Waals surface area contributed by atoms with Gasteiger partial charge in [0.1, 0.15) is 0 Å². The fourth-order valence-corrected chi connectivity index (χ4v) is 4.75. The summed E-state index contributed by atoms with van der Waals surface area (Å²) in [5.41, 5.74) is -0.915. The summed E-state index contributed by atoms with van der Waals surface area (Å²) in [6.45, 7) is 0. The predicted molar refractivity (Wildman–Crippen MR) is 165 cm³/mol. The molecule has 0 bridgehead atoms. The Bertz CT molecular complexity index is 1720. The number of aromatic hydroxyl groups is 2. The molecule has 0 amide bonds. The summed E-state index contributed by atoms with van der Waals surface area (Å²) in [7, 11) is 8.09. The second-order valence-electron chi connectivity index (χ2n) is 9.60. The maximum atomic E-state index is 13.8. The van der Waals surface area contributed by atoms with Crippen molar-refractivity contribution in [2.24, 2.45) is 0 Å². The average Bonchev–Trinajstić information content (AvgIpc) is 3.09. The summed E-state index contributed by atoms with van der Waals surface area (Å²) >= 11 is 0. The van der Waals surface area contributed by atoms with E-state index in [0.29, 0.717) is 11.5 Å². The number of carbonyl (C=O) groups excluding carboxylic acids is 4. The molecule has 0 fully saturated rings. The fourth-order valence-electron chi connectivity index (χ4n) is 4.75. The number of phenolic OH excluding ortho intramolecular Hbond substituents is 2. The van der Waals surface area contributed by atoms with Crippen molar-refractivity contribution in [1.29, 1.82) is 0 Å². The zero-order valence-electron chi connectivity index (χ0n) is 25.8. The SMILES string of the molecule is COc1cc(-c2cc(OC)c(O)cc2C(=O)C(=O)c2ccc(OC)c(OC)c2)c(C(=O)C(=O)c2ccc(OC)c(OC)c2)cc1O. The quantitative estimate of drug-likeness (QED) is 0.151. The van der Waals surface area contributed by atoms with Gasteiger partial charge in [-0.3, -0.25) is 19.2 Å². The average molecular weight is 631 g/mol. The number of hydrogen-bond acceptors (Lipinski definition) is 12. The Morgan fingerprint density at radius 1 is 0.413 bits per heavy atom. The molecule has 0 saturated carbocycles. The molecule has 238 valence electrons. The second-order valence-corrected chi connectivity index (χ2v) is 9.60. The van der Waals surface area contributed by atoms with Crippen molar-refractivity contribution in [3.05, 3.63) is 82.9 Å². The van der Waals surface area contributed by atoms with E-state index < -0.39 is 34.6 Å². The van der Waals surface area contributed by atoms with Crippen LogP contribution in [0.1, 0.15) is 41.4 Å². The Morgan fingerprint density at radius 2 is 0.739 bits per heavy atom. The van der Waals surface area contributed by atoms with Gasteiger partial charge in [0, 0.05) is 22.3 Å². The first-order valence-electron chi connectivity index (χ1n) is 13.5. The van der Waals surface area contributed by atoms with Gasteiger partial charge in [-0.15, -0.1) is 0 Å². The number of phenols is 2. The maximum Gasteiger partial charge on any atom is 0.234 e. The number of hydrogen-bond donors (Lipinski definition) is 2. The molecule has 0 atom stereocenters. The van der Waals surface area contributed by atoms with Gasteiger partial charge in [0.2, 0.25) is 23.1 Å². The van der Waals surface area contributed by atoms with Gasteiger partial charge in [0.25, 0.3) is 0 Å². The normalized spacial score (nSPS) is 10.5. The van der Waals surface area contributed by atoms with Crippen LogP contribution in [0.2, 0.25) is 0 Å². The smallest absolute Gasteiger partial charge is 0.234 e. The summed E-state index contributed by atoms with van der Waals surface area (Å²) in [5, 5.41) is 21.3. The lowest BCUT2D eigenvalue weighted by molar-refractivity contribution is 0.0815. The maximum absolute atomic E-state index is 13.8. The Balaban J connectivity index is 1.92. The van der Waals surface area contributed by atoms with Crippen LogP contribution < -0.4 is 28.4 Å². The number of benzene rings is 4. The van der Waals surface area contributed by atoms with Gasteiger partial charge in [-0.2, -0.15) is 0 Å². The highest BCUT2D eigenvalue weighted by Crippen LogP contribution is 2.42. The van der Waals surface area contributed by atoms with Crippen LogP contribution in [0, 0.1) is 0 Å². The van der Waals surface area contributed by atoms with E-state index in [1.807, 2.05) is 0 Å². The lowest BCUT2D eigenvalue weighted by Crippen LogP contribution is -2.18. The standard InChI is InChI=1S/C34H30O12/c1-41-25-9-7-17(11-29(25)45-5)31(37)33(39)21-13-23(35)27(43-3)15-19(21)20-16-28(44-4)24(36)14-22(20)34(40)32(38)18-8-10-26(42-2)30(12-18)46-6/h7-16,35-36H,1-6H3. The first kappa shape index (κ1) is 32.9. The largest absolute Gasteiger partial charge is 0.504 e. The highest BCUT2D eigenvalue weighted by Gasteiger charge is 2.30. The van der Waals surface area contributed by atoms with Crippen LogP contribution in [0.15, 0.2) is 60.7 Å². The van der Waals surface area contributed by atoms with E-state index in [1.54, 1.807) is 0 Å². The summed E-state index contributed by atoms with van der Waals surface area (Å²) in [6.07, 6.45) is 0. The lowest BCUT2D eigenvalue weighted by Gasteiger charge is -2.17. The van der Waals surface area contributed by atoms with Gasteiger partial charge in [0.15, 0.2) is 46.0 Å². The van der Waals surface area contributed by atoms with Crippen molar-refractivity contribution < 1.29 is 57.8 Å². The molecule has 0 unspecified atom stereocenters. The topological polar surface area (TPSA) is 164 Å². The van der Waals surface area contributed by atoms with Crippen LogP contribution in [0.5, 0.6) is 46.0 Å². The molecule has 0 aromatic heterocycles. The molecule has 0 heterocycles. The molecule has 4 rings (SSSR count). The fraction of sp³-hybridized carbons (Fsp3) is 0.176. The molecular weight excluding hydrogens is 600 g/mol. The van der Waals surface area contributed by atoms with Gasteiger partial charge >= 0.3 is 0 Å². The number of rotatable bonds is 13. The number of ether oxygens (including phenoxy) is 6. The molecular formula is C34H30O12. The van der Waals surface area contributed by atoms with E-state index in [4.69, 9.17) is 28.4 Å². The van der Waals surface area contributed by atoms with E-state index in [0.717, 1.165) is 12.1 Å². The van der Waals surface area contributed by atoms with E-state index in [1.165, 1.54) is 91.2 Å². The van der Waals surface area contributed by atoms with Crippen LogP contribution >= 0.6 is 0 Å². The Morgan fingerprint density at radius 3 is 1.04 bits per heavy atom. The third kappa shape index (κ3) is 6.13. The van der Waals surface area contributed by atoms with Crippen LogP contribution in [0.3, 0.4) is 0 Å². The van der Waals surface area contributed by atoms with Crippen LogP contribution in [0.4, 0.5) is 0 Å². The molecule has 12 heteroatoms. The molecule has 4 aromatic carbocycles. The van der Waals surface area contributed by atoms with Gasteiger partial charge in [0.05, 0.1) is 42.7 Å². The zero-order chi connectivity index (χ0) is 33.7. The summed E-state index contributed by atoms with van der Waals surface area (Å²) < 4.78 is 31.4. The molecule has 0 spiro atoms. The van der Waals surface area contributed by atoms with Crippen LogP contribution in [-0.2, 0) is 0 Å². The van der Waals surface area contributed by atoms with E-state index >= 15 is 0 Å². The monoisotopic (exact) mass is 630 g/mol. The van der Waals surface area contributed by atoms with Gasteiger partial charge < -0.3 is 38.6 Å². The highest BCUT2D eigenvalue weighted by atomic mass is 16.5. The van der Waals surface area contributed by atoms with Crippen molar-refractivity contribution in [2.45, 2.75) is 0 Å². The first-order valence-corrected chi connectivity index (χ1v) is 13.5. The van der Waals surface area contributed by atoms with Crippen molar-refractivity contribution in [3.8, 4) is 57.1 Å². The number of carbonyl (C=O) groups is 4. The summed E-state index contributed by atoms with van der Waals surface area (Å²) in [5.74, 6) is -4.23. The first-order chi connectivity index (χ1) is 22.0. The molecule has 2 N–H and O–H groups in total. The predicted octanol–water partition coefficient (Wildman–Crippen LogP) is 4.95. The zero-order valence-corrected chi connectivity index (χ0v) is 25.8. The van der Waals surface area contributed by atoms with Gasteiger partial charge in [-0.1, -0.05) is 0 Å². The third-order valence-electron chi connectivity index (χ3n) is 7.12. The van der Waals surface area contributed by atoms with Crippen molar-refractivity contribution in [2.75, 3.05) is 42.7 Å². The van der Waals surface area contributed by atoms with E-state index in [2.05, 4.69) is 0 Å². The molecule has 12 nitrogen and oxygen atoms in total. The summed E-state index contributed by atoms with van der Waals surface area (Å²) in [4.78, 5) is 54.6. The van der Waals surface area contributed by atoms with Gasteiger partial charge in [-0.25, -0.2) is 0 Å². The minimum absolute atomic E-state index is 0.0490. The Labute approximate surface area is 263 Å². The van der Waals surface area contributed by atoms with Crippen LogP contribution in [0.25, 0.3) is 11.1 Å². The Hall–Kier alpha value is -6.04. The molecule has 0 aliphatic rings. The third-order valence-corrected chi connectivity index (χ3v) is 7.12. The van der Waals surface area contributed by atoms with Crippen molar-refractivity contribution in [1.82, 2.24) is 0 Å². The lowest BCUT2D eigenvalue weighted by atomic mass is 9.87. The number of methoxy groups -OCH3 is 6. The molecule has 0 aliphatic carbocycles. The van der Waals surface area contributed by atoms with Crippen molar-refractivity contribution in [3.63, 3.8) is 0 Å². The van der Waals surface area contributed by atoms with Crippen molar-refractivity contribution >= 4 is 23.1 Å². The molecule has 0 aliphatic heterocycles. The molecule has 0 saturated heterocycles. The van der Waals surface area contributed by atoms with E-state index in [-0.39, 0.29) is 56.4 Å².